The molecule has 0 unspecified atom stereocenters. The maximum absolute atomic E-state index is 12.5. The van der Waals surface area contributed by atoms with Gasteiger partial charge in [-0.1, -0.05) is 12.1 Å². The van der Waals surface area contributed by atoms with E-state index in [4.69, 9.17) is 4.42 Å². The van der Waals surface area contributed by atoms with Crippen LogP contribution in [0.1, 0.15) is 22.8 Å². The number of hydrazine groups is 1. The number of imidazole rings is 1. The number of hydrogen-bond donors (Lipinski definition) is 2. The molecule has 1 amide bonds. The molecule has 0 radical (unpaired) electrons. The summed E-state index contributed by atoms with van der Waals surface area (Å²) in [6.07, 6.45) is 4.14. The molecule has 136 valence electrons. The third-order valence-corrected chi connectivity index (χ3v) is 4.73. The topological polar surface area (TPSA) is 88.2 Å². The highest BCUT2D eigenvalue weighted by Crippen LogP contribution is 2.15. The van der Waals surface area contributed by atoms with Crippen molar-refractivity contribution < 1.29 is 9.21 Å². The highest BCUT2D eigenvalue weighted by molar-refractivity contribution is 5.91. The third-order valence-electron chi connectivity index (χ3n) is 4.73. The molecule has 0 spiro atoms. The van der Waals surface area contributed by atoms with Gasteiger partial charge in [0.15, 0.2) is 5.69 Å². The van der Waals surface area contributed by atoms with E-state index in [9.17, 15) is 4.79 Å². The van der Waals surface area contributed by atoms with Crippen LogP contribution in [0.25, 0.3) is 11.0 Å². The number of benzene rings is 1. The normalized spacial score (nSPS) is 15.0. The molecule has 8 heteroatoms. The first-order valence-corrected chi connectivity index (χ1v) is 8.76. The van der Waals surface area contributed by atoms with Gasteiger partial charge in [0, 0.05) is 26.7 Å². The van der Waals surface area contributed by atoms with Gasteiger partial charge in [0.2, 0.25) is 5.89 Å². The number of hydrogen-bond acceptors (Lipinski definition) is 6. The fourth-order valence-corrected chi connectivity index (χ4v) is 3.15. The molecule has 0 bridgehead atoms. The summed E-state index contributed by atoms with van der Waals surface area (Å²) in [5, 5.41) is 0. The van der Waals surface area contributed by atoms with Crippen molar-refractivity contribution in [1.29, 1.82) is 0 Å². The standard InChI is InChI=1S/C18H22N6O2/c1-23(7-6-13-8-20-21-9-13)18(25)15-11-26-17(22-15)10-24-12-19-14-4-2-3-5-16(14)24/h2-5,11-13,20-21H,6-10H2,1H3. The zero-order valence-electron chi connectivity index (χ0n) is 14.7. The van der Waals surface area contributed by atoms with E-state index in [0.717, 1.165) is 30.5 Å². The number of rotatable bonds is 6. The average Bonchev–Trinajstić information content (AvgIpc) is 3.41. The van der Waals surface area contributed by atoms with Crippen LogP contribution in [0.5, 0.6) is 0 Å². The van der Waals surface area contributed by atoms with Crippen LogP contribution in [-0.2, 0) is 6.54 Å². The maximum atomic E-state index is 12.5. The Morgan fingerprint density at radius 1 is 1.35 bits per heavy atom. The lowest BCUT2D eigenvalue weighted by molar-refractivity contribution is 0.0783. The Kier molecular flexibility index (Phi) is 4.68. The van der Waals surface area contributed by atoms with Crippen LogP contribution in [-0.4, -0.2) is 52.0 Å². The SMILES string of the molecule is CN(CCC1CNNC1)C(=O)c1coc(Cn2cnc3ccccc32)n1. The summed E-state index contributed by atoms with van der Waals surface area (Å²) in [4.78, 5) is 22.9. The first-order valence-electron chi connectivity index (χ1n) is 8.76. The van der Waals surface area contributed by atoms with Crippen molar-refractivity contribution in [1.82, 2.24) is 30.3 Å². The van der Waals surface area contributed by atoms with E-state index < -0.39 is 0 Å². The van der Waals surface area contributed by atoms with Crippen molar-refractivity contribution in [2.75, 3.05) is 26.7 Å². The minimum atomic E-state index is -0.116. The summed E-state index contributed by atoms with van der Waals surface area (Å²) in [6, 6.07) is 7.88. The fourth-order valence-electron chi connectivity index (χ4n) is 3.15. The number of aromatic nitrogens is 3. The van der Waals surface area contributed by atoms with E-state index >= 15 is 0 Å². The Hall–Kier alpha value is -2.71. The molecule has 2 aromatic heterocycles. The number of carbonyl (C=O) groups is 1. The van der Waals surface area contributed by atoms with Gasteiger partial charge in [0.25, 0.3) is 5.91 Å². The highest BCUT2D eigenvalue weighted by atomic mass is 16.3. The quantitative estimate of drug-likeness (QED) is 0.693. The molecule has 1 saturated heterocycles. The van der Waals surface area contributed by atoms with Crippen LogP contribution in [0, 0.1) is 5.92 Å². The lowest BCUT2D eigenvalue weighted by Crippen LogP contribution is -2.30. The summed E-state index contributed by atoms with van der Waals surface area (Å²) in [5.74, 6) is 0.927. The Morgan fingerprint density at radius 2 is 2.15 bits per heavy atom. The average molecular weight is 354 g/mol. The monoisotopic (exact) mass is 354 g/mol. The van der Waals surface area contributed by atoms with Crippen molar-refractivity contribution >= 4 is 16.9 Å². The number of nitrogens with zero attached hydrogens (tertiary/aromatic N) is 4. The molecule has 0 aliphatic carbocycles. The van der Waals surface area contributed by atoms with Gasteiger partial charge >= 0.3 is 0 Å². The van der Waals surface area contributed by atoms with Gasteiger partial charge in [0.1, 0.15) is 12.8 Å². The minimum Gasteiger partial charge on any atom is -0.446 e. The second kappa shape index (κ2) is 7.27. The van der Waals surface area contributed by atoms with Crippen molar-refractivity contribution in [3.8, 4) is 0 Å². The number of amides is 1. The van der Waals surface area contributed by atoms with Gasteiger partial charge in [-0.2, -0.15) is 0 Å². The van der Waals surface area contributed by atoms with E-state index in [1.54, 1.807) is 18.3 Å². The molecule has 1 aliphatic heterocycles. The lowest BCUT2D eigenvalue weighted by Gasteiger charge is -2.17. The second-order valence-electron chi connectivity index (χ2n) is 6.63. The molecule has 3 heterocycles. The van der Waals surface area contributed by atoms with Crippen molar-refractivity contribution in [2.45, 2.75) is 13.0 Å². The molecule has 3 aromatic rings. The first kappa shape index (κ1) is 16.7. The number of fused-ring (bicyclic) bond motifs is 1. The van der Waals surface area contributed by atoms with Gasteiger partial charge < -0.3 is 13.9 Å². The fraction of sp³-hybridized carbons (Fsp3) is 0.389. The molecule has 0 atom stereocenters. The third kappa shape index (κ3) is 3.47. The summed E-state index contributed by atoms with van der Waals surface area (Å²) >= 11 is 0. The van der Waals surface area contributed by atoms with Gasteiger partial charge in [-0.15, -0.1) is 0 Å². The molecule has 1 aromatic carbocycles. The second-order valence-corrected chi connectivity index (χ2v) is 6.63. The molecular formula is C18H22N6O2. The van der Waals surface area contributed by atoms with Crippen LogP contribution in [0.2, 0.25) is 0 Å². The maximum Gasteiger partial charge on any atom is 0.275 e. The lowest BCUT2D eigenvalue weighted by atomic mass is 10.1. The van der Waals surface area contributed by atoms with E-state index in [1.165, 1.54) is 6.26 Å². The predicted octanol–water partition coefficient (Wildman–Crippen LogP) is 1.26. The summed E-state index contributed by atoms with van der Waals surface area (Å²) in [5.41, 5.74) is 8.48. The number of para-hydroxylation sites is 2. The largest absolute Gasteiger partial charge is 0.446 e. The molecule has 4 rings (SSSR count). The van der Waals surface area contributed by atoms with E-state index in [1.807, 2.05) is 28.8 Å². The van der Waals surface area contributed by atoms with Crippen LogP contribution in [0.3, 0.4) is 0 Å². The number of carbonyl (C=O) groups excluding carboxylic acids is 1. The molecule has 26 heavy (non-hydrogen) atoms. The zero-order valence-corrected chi connectivity index (χ0v) is 14.7. The first-order chi connectivity index (χ1) is 12.7. The Balaban J connectivity index is 1.39. The van der Waals surface area contributed by atoms with E-state index in [-0.39, 0.29) is 5.91 Å². The van der Waals surface area contributed by atoms with Crippen LogP contribution < -0.4 is 10.9 Å². The van der Waals surface area contributed by atoms with Crippen LogP contribution >= 0.6 is 0 Å². The zero-order chi connectivity index (χ0) is 17.9. The molecule has 2 N–H and O–H groups in total. The highest BCUT2D eigenvalue weighted by Gasteiger charge is 2.20. The smallest absolute Gasteiger partial charge is 0.275 e. The molecule has 8 nitrogen and oxygen atoms in total. The van der Waals surface area contributed by atoms with Crippen molar-refractivity contribution in [3.05, 3.63) is 48.4 Å². The van der Waals surface area contributed by atoms with E-state index in [0.29, 0.717) is 30.6 Å². The van der Waals surface area contributed by atoms with Gasteiger partial charge in [-0.3, -0.25) is 15.6 Å². The number of nitrogens with one attached hydrogen (secondary N) is 2. The summed E-state index contributed by atoms with van der Waals surface area (Å²) in [7, 11) is 1.80. The molecule has 1 fully saturated rings. The minimum absolute atomic E-state index is 0.116. The molecule has 0 saturated carbocycles. The molecule has 1 aliphatic rings. The van der Waals surface area contributed by atoms with Gasteiger partial charge in [-0.25, -0.2) is 9.97 Å². The van der Waals surface area contributed by atoms with E-state index in [2.05, 4.69) is 20.8 Å². The van der Waals surface area contributed by atoms with Crippen molar-refractivity contribution in [2.24, 2.45) is 5.92 Å². The Morgan fingerprint density at radius 3 is 3.00 bits per heavy atom. The van der Waals surface area contributed by atoms with Crippen molar-refractivity contribution in [3.63, 3.8) is 0 Å². The van der Waals surface area contributed by atoms with Crippen LogP contribution in [0.4, 0.5) is 0 Å². The summed E-state index contributed by atoms with van der Waals surface area (Å²) < 4.78 is 7.47. The number of oxazole rings is 1. The Bertz CT molecular complexity index is 896. The Labute approximate surface area is 151 Å². The summed E-state index contributed by atoms with van der Waals surface area (Å²) in [6.45, 7) is 3.02. The van der Waals surface area contributed by atoms with Gasteiger partial charge in [0.05, 0.1) is 17.4 Å². The van der Waals surface area contributed by atoms with Gasteiger partial charge in [-0.05, 0) is 24.5 Å². The molecular weight excluding hydrogens is 332 g/mol. The predicted molar refractivity (Wildman–Crippen MR) is 96.4 cm³/mol. The van der Waals surface area contributed by atoms with Crippen LogP contribution in [0.15, 0.2) is 41.3 Å².